The largest absolute Gasteiger partial charge is 0.341 e. The Bertz CT molecular complexity index is 854. The lowest BCUT2D eigenvalue weighted by atomic mass is 9.71. The smallest absolute Gasteiger partial charge is 0.255 e. The fourth-order valence-corrected chi connectivity index (χ4v) is 3.96. The molecule has 1 atom stereocenters. The number of carbonyl (C=O) groups is 2. The summed E-state index contributed by atoms with van der Waals surface area (Å²) in [5.41, 5.74) is 1.23. The number of aromatic nitrogens is 3. The summed E-state index contributed by atoms with van der Waals surface area (Å²) >= 11 is 0. The molecule has 4 heterocycles. The van der Waals surface area contributed by atoms with Crippen molar-refractivity contribution in [1.29, 1.82) is 0 Å². The van der Waals surface area contributed by atoms with E-state index in [1.54, 1.807) is 35.9 Å². The zero-order valence-corrected chi connectivity index (χ0v) is 15.1. The van der Waals surface area contributed by atoms with Crippen molar-refractivity contribution in [2.24, 2.45) is 5.41 Å². The van der Waals surface area contributed by atoms with Crippen molar-refractivity contribution in [3.8, 4) is 0 Å². The van der Waals surface area contributed by atoms with Crippen LogP contribution in [0.5, 0.6) is 0 Å². The molecule has 0 bridgehead atoms. The lowest BCUT2D eigenvalue weighted by molar-refractivity contribution is -0.128. The molecular formula is C18H21N5O3. The Kier molecular flexibility index (Phi) is 3.78. The Hall–Kier alpha value is -2.77. The Morgan fingerprint density at radius 3 is 2.50 bits per heavy atom. The highest BCUT2D eigenvalue weighted by Crippen LogP contribution is 2.49. The molecule has 8 nitrogen and oxygen atoms in total. The van der Waals surface area contributed by atoms with E-state index in [4.69, 9.17) is 4.52 Å². The predicted octanol–water partition coefficient (Wildman–Crippen LogP) is 1.17. The van der Waals surface area contributed by atoms with Gasteiger partial charge < -0.3 is 14.3 Å². The van der Waals surface area contributed by atoms with Gasteiger partial charge in [0.2, 0.25) is 11.8 Å². The molecule has 2 amide bonds. The van der Waals surface area contributed by atoms with E-state index in [-0.39, 0.29) is 23.1 Å². The Morgan fingerprint density at radius 1 is 1.19 bits per heavy atom. The molecule has 2 aromatic rings. The number of pyridine rings is 1. The van der Waals surface area contributed by atoms with Crippen LogP contribution in [0, 0.1) is 19.3 Å². The van der Waals surface area contributed by atoms with Gasteiger partial charge in [0, 0.05) is 50.4 Å². The Balaban J connectivity index is 1.54. The summed E-state index contributed by atoms with van der Waals surface area (Å²) in [5.74, 6) is 1.07. The van der Waals surface area contributed by atoms with Crippen molar-refractivity contribution in [3.05, 3.63) is 41.3 Å². The fraction of sp³-hybridized carbons (Fsp3) is 0.500. The highest BCUT2D eigenvalue weighted by Gasteiger charge is 2.58. The van der Waals surface area contributed by atoms with E-state index in [2.05, 4.69) is 15.1 Å². The van der Waals surface area contributed by atoms with Crippen LogP contribution in [0.2, 0.25) is 0 Å². The number of likely N-dealkylation sites (tertiary alicyclic amines) is 2. The molecule has 1 unspecified atom stereocenters. The number of hydrogen-bond acceptors (Lipinski definition) is 6. The van der Waals surface area contributed by atoms with E-state index in [1.165, 1.54) is 0 Å². The third-order valence-electron chi connectivity index (χ3n) is 5.39. The minimum Gasteiger partial charge on any atom is -0.341 e. The van der Waals surface area contributed by atoms with E-state index in [1.807, 2.05) is 13.0 Å². The zero-order valence-electron chi connectivity index (χ0n) is 15.1. The monoisotopic (exact) mass is 355 g/mol. The predicted molar refractivity (Wildman–Crippen MR) is 91.3 cm³/mol. The first-order valence-electron chi connectivity index (χ1n) is 8.66. The first-order chi connectivity index (χ1) is 12.4. The van der Waals surface area contributed by atoms with Crippen LogP contribution in [0.15, 0.2) is 22.9 Å². The van der Waals surface area contributed by atoms with Crippen molar-refractivity contribution < 1.29 is 14.1 Å². The third-order valence-corrected chi connectivity index (χ3v) is 5.39. The van der Waals surface area contributed by atoms with Gasteiger partial charge in [-0.15, -0.1) is 0 Å². The summed E-state index contributed by atoms with van der Waals surface area (Å²) in [4.78, 5) is 36.8. The number of nitrogens with zero attached hydrogens (tertiary/aromatic N) is 5. The normalized spacial score (nSPS) is 21.1. The summed E-state index contributed by atoms with van der Waals surface area (Å²) in [5, 5.41) is 3.89. The van der Waals surface area contributed by atoms with Crippen LogP contribution in [0.1, 0.15) is 40.6 Å². The van der Waals surface area contributed by atoms with Crippen LogP contribution in [-0.2, 0) is 4.79 Å². The van der Waals surface area contributed by atoms with Crippen LogP contribution in [-0.4, -0.2) is 62.9 Å². The van der Waals surface area contributed by atoms with Gasteiger partial charge >= 0.3 is 0 Å². The van der Waals surface area contributed by atoms with Crippen LogP contribution in [0.3, 0.4) is 0 Å². The average Bonchev–Trinajstić information content (AvgIpc) is 3.17. The molecule has 0 radical (unpaired) electrons. The van der Waals surface area contributed by atoms with Gasteiger partial charge in [-0.2, -0.15) is 4.98 Å². The number of carbonyl (C=O) groups excluding carboxylic acids is 2. The third kappa shape index (κ3) is 2.65. The molecular weight excluding hydrogens is 334 g/mol. The van der Waals surface area contributed by atoms with E-state index >= 15 is 0 Å². The second-order valence-corrected chi connectivity index (χ2v) is 7.34. The summed E-state index contributed by atoms with van der Waals surface area (Å²) in [6, 6.07) is 3.63. The average molecular weight is 355 g/mol. The maximum atomic E-state index is 12.7. The first-order valence-corrected chi connectivity index (χ1v) is 8.66. The van der Waals surface area contributed by atoms with Crippen LogP contribution in [0.25, 0.3) is 0 Å². The van der Waals surface area contributed by atoms with Crippen molar-refractivity contribution in [2.75, 3.05) is 26.2 Å². The van der Waals surface area contributed by atoms with Crippen LogP contribution >= 0.6 is 0 Å². The van der Waals surface area contributed by atoms with Gasteiger partial charge in [-0.05, 0) is 26.0 Å². The highest BCUT2D eigenvalue weighted by atomic mass is 16.5. The Morgan fingerprint density at radius 2 is 1.92 bits per heavy atom. The minimum atomic E-state index is -0.224. The van der Waals surface area contributed by atoms with Gasteiger partial charge in [-0.1, -0.05) is 5.16 Å². The van der Waals surface area contributed by atoms with Crippen molar-refractivity contribution in [2.45, 2.75) is 26.7 Å². The van der Waals surface area contributed by atoms with Gasteiger partial charge in [-0.3, -0.25) is 14.6 Å². The van der Waals surface area contributed by atoms with Gasteiger partial charge in [0.25, 0.3) is 5.91 Å². The Labute approximate surface area is 151 Å². The van der Waals surface area contributed by atoms with Crippen LogP contribution in [0.4, 0.5) is 0 Å². The maximum absolute atomic E-state index is 12.7. The molecule has 8 heteroatoms. The molecule has 2 aliphatic rings. The molecule has 0 aliphatic carbocycles. The number of aryl methyl sites for hydroxylation is 2. The molecule has 26 heavy (non-hydrogen) atoms. The maximum Gasteiger partial charge on any atom is 0.255 e. The molecule has 2 saturated heterocycles. The lowest BCUT2D eigenvalue weighted by Crippen LogP contribution is -2.61. The topological polar surface area (TPSA) is 92.4 Å². The molecule has 4 rings (SSSR count). The molecule has 2 aromatic heterocycles. The highest BCUT2D eigenvalue weighted by molar-refractivity contribution is 5.94. The quantitative estimate of drug-likeness (QED) is 0.803. The molecule has 2 aliphatic heterocycles. The van der Waals surface area contributed by atoms with E-state index in [0.717, 1.165) is 5.69 Å². The molecule has 2 fully saturated rings. The standard InChI is InChI=1S/C18H21N5O3/c1-11-4-5-14(6-19-11)17(25)23-9-18(10-23)8-22(13(3)24)7-15(18)16-20-12(2)21-26-16/h4-6,15H,7-10H2,1-3H3. The van der Waals surface area contributed by atoms with Crippen LogP contribution < -0.4 is 0 Å². The van der Waals surface area contributed by atoms with Crippen molar-refractivity contribution >= 4 is 11.8 Å². The second-order valence-electron chi connectivity index (χ2n) is 7.34. The molecule has 0 N–H and O–H groups in total. The molecule has 136 valence electrons. The summed E-state index contributed by atoms with van der Waals surface area (Å²) < 4.78 is 5.39. The zero-order chi connectivity index (χ0) is 18.5. The number of amides is 2. The SMILES string of the molecule is CC(=O)N1CC(c2nc(C)no2)C2(C1)CN(C(=O)c1ccc(C)nc1)C2. The summed E-state index contributed by atoms with van der Waals surface area (Å²) in [7, 11) is 0. The molecule has 1 spiro atoms. The molecule has 0 saturated carbocycles. The molecule has 0 aromatic carbocycles. The van der Waals surface area contributed by atoms with E-state index in [9.17, 15) is 9.59 Å². The summed E-state index contributed by atoms with van der Waals surface area (Å²) in [6.07, 6.45) is 1.61. The first kappa shape index (κ1) is 16.7. The van der Waals surface area contributed by atoms with Crippen molar-refractivity contribution in [3.63, 3.8) is 0 Å². The van der Waals surface area contributed by atoms with E-state index in [0.29, 0.717) is 43.5 Å². The van der Waals surface area contributed by atoms with E-state index < -0.39 is 0 Å². The number of rotatable bonds is 2. The van der Waals surface area contributed by atoms with Gasteiger partial charge in [0.15, 0.2) is 5.82 Å². The van der Waals surface area contributed by atoms with Gasteiger partial charge in [0.05, 0.1) is 11.5 Å². The van der Waals surface area contributed by atoms with Gasteiger partial charge in [0.1, 0.15) is 0 Å². The summed E-state index contributed by atoms with van der Waals surface area (Å²) in [6.45, 7) is 7.51. The lowest BCUT2D eigenvalue weighted by Gasteiger charge is -2.50. The van der Waals surface area contributed by atoms with Crippen molar-refractivity contribution in [1.82, 2.24) is 24.9 Å². The minimum absolute atomic E-state index is 0.0237. The fourth-order valence-electron chi connectivity index (χ4n) is 3.96. The number of hydrogen-bond donors (Lipinski definition) is 0. The second kappa shape index (κ2) is 5.89. The van der Waals surface area contributed by atoms with Gasteiger partial charge in [-0.25, -0.2) is 0 Å².